The van der Waals surface area contributed by atoms with Crippen LogP contribution in [0.4, 0.5) is 17.1 Å². The first-order valence-corrected chi connectivity index (χ1v) is 12.0. The molecule has 0 aliphatic carbocycles. The molecule has 0 radical (unpaired) electrons. The molecule has 0 aromatic heterocycles. The van der Waals surface area contributed by atoms with Crippen molar-refractivity contribution in [1.82, 2.24) is 4.90 Å². The van der Waals surface area contributed by atoms with E-state index >= 15 is 0 Å². The Morgan fingerprint density at radius 2 is 1.73 bits per heavy atom. The van der Waals surface area contributed by atoms with Crippen LogP contribution in [0.3, 0.4) is 0 Å². The van der Waals surface area contributed by atoms with E-state index in [0.29, 0.717) is 35.6 Å². The van der Waals surface area contributed by atoms with E-state index < -0.39 is 5.97 Å². The van der Waals surface area contributed by atoms with Gasteiger partial charge < -0.3 is 25.1 Å². The molecular weight excluding hydrogens is 468 g/mol. The average molecular weight is 497 g/mol. The zero-order chi connectivity index (χ0) is 26.3. The van der Waals surface area contributed by atoms with Crippen molar-refractivity contribution in [2.24, 2.45) is 0 Å². The Labute approximate surface area is 215 Å². The van der Waals surface area contributed by atoms with Crippen LogP contribution in [0, 0.1) is 0 Å². The number of hydrogen-bond donors (Lipinski definition) is 2. The first-order chi connectivity index (χ1) is 17.7. The fourth-order valence-electron chi connectivity index (χ4n) is 4.98. The Morgan fingerprint density at radius 1 is 0.973 bits per heavy atom. The van der Waals surface area contributed by atoms with Crippen LogP contribution in [0.15, 0.2) is 66.7 Å². The van der Waals surface area contributed by atoms with Gasteiger partial charge in [0.2, 0.25) is 5.91 Å². The summed E-state index contributed by atoms with van der Waals surface area (Å²) in [5.74, 6) is -1.27. The van der Waals surface area contributed by atoms with Gasteiger partial charge >= 0.3 is 5.97 Å². The normalized spacial score (nSPS) is 15.4. The van der Waals surface area contributed by atoms with Crippen LogP contribution in [-0.4, -0.2) is 62.0 Å². The zero-order valence-electron chi connectivity index (χ0n) is 21.0. The Balaban J connectivity index is 1.59. The van der Waals surface area contributed by atoms with E-state index in [-0.39, 0.29) is 17.4 Å². The van der Waals surface area contributed by atoms with Gasteiger partial charge in [0.1, 0.15) is 0 Å². The SMILES string of the molecule is CN(C)CC(=O)N1CCc2cc(N(C)/C(=C3\C(=O)Nc4cc(C(=O)O)ccc43)c3ccccc3)ccc21. The molecule has 2 aliphatic heterocycles. The number of nitrogens with one attached hydrogen (secondary N) is 1. The summed E-state index contributed by atoms with van der Waals surface area (Å²) in [7, 11) is 5.68. The van der Waals surface area contributed by atoms with Gasteiger partial charge in [0.25, 0.3) is 5.91 Å². The van der Waals surface area contributed by atoms with Crippen LogP contribution in [0.25, 0.3) is 11.3 Å². The molecule has 2 aliphatic rings. The van der Waals surface area contributed by atoms with Crippen molar-refractivity contribution in [3.05, 3.63) is 89.0 Å². The smallest absolute Gasteiger partial charge is 0.335 e. The van der Waals surface area contributed by atoms with Crippen LogP contribution in [-0.2, 0) is 16.0 Å². The van der Waals surface area contributed by atoms with Crippen molar-refractivity contribution in [1.29, 1.82) is 0 Å². The number of carbonyl (C=O) groups is 3. The molecule has 5 rings (SSSR count). The molecule has 0 saturated carbocycles. The number of amides is 2. The van der Waals surface area contributed by atoms with E-state index in [2.05, 4.69) is 11.4 Å². The highest BCUT2D eigenvalue weighted by molar-refractivity contribution is 6.37. The fourth-order valence-corrected chi connectivity index (χ4v) is 4.98. The van der Waals surface area contributed by atoms with Gasteiger partial charge in [-0.25, -0.2) is 4.79 Å². The molecule has 2 amide bonds. The number of hydrogen-bond acceptors (Lipinski definition) is 5. The quantitative estimate of drug-likeness (QED) is 0.505. The molecule has 0 spiro atoms. The van der Waals surface area contributed by atoms with Crippen molar-refractivity contribution < 1.29 is 19.5 Å². The van der Waals surface area contributed by atoms with Crippen LogP contribution in [0.2, 0.25) is 0 Å². The second-order valence-electron chi connectivity index (χ2n) is 9.51. The number of aromatic carboxylic acids is 1. The van der Waals surface area contributed by atoms with E-state index in [1.54, 1.807) is 6.07 Å². The number of carboxylic acids is 1. The molecule has 8 nitrogen and oxygen atoms in total. The fraction of sp³-hybridized carbons (Fsp3) is 0.207. The van der Waals surface area contributed by atoms with Gasteiger partial charge in [-0.1, -0.05) is 36.4 Å². The van der Waals surface area contributed by atoms with Gasteiger partial charge in [0, 0.05) is 30.5 Å². The Hall–Kier alpha value is -4.43. The van der Waals surface area contributed by atoms with Crippen molar-refractivity contribution in [2.45, 2.75) is 6.42 Å². The molecule has 0 unspecified atom stereocenters. The maximum absolute atomic E-state index is 13.3. The first-order valence-electron chi connectivity index (χ1n) is 12.0. The molecule has 3 aromatic rings. The second-order valence-corrected chi connectivity index (χ2v) is 9.51. The van der Waals surface area contributed by atoms with Gasteiger partial charge in [-0.05, 0) is 62.0 Å². The number of benzene rings is 3. The summed E-state index contributed by atoms with van der Waals surface area (Å²) < 4.78 is 0. The minimum absolute atomic E-state index is 0.0666. The van der Waals surface area contributed by atoms with Crippen molar-refractivity contribution in [2.75, 3.05) is 49.3 Å². The molecule has 0 atom stereocenters. The largest absolute Gasteiger partial charge is 0.478 e. The van der Waals surface area contributed by atoms with Crippen molar-refractivity contribution in [3.8, 4) is 0 Å². The highest BCUT2D eigenvalue weighted by Gasteiger charge is 2.31. The van der Waals surface area contributed by atoms with Crippen LogP contribution in [0.1, 0.15) is 27.0 Å². The summed E-state index contributed by atoms with van der Waals surface area (Å²) in [6, 6.07) is 20.3. The summed E-state index contributed by atoms with van der Waals surface area (Å²) in [6.07, 6.45) is 0.759. The molecule has 0 bridgehead atoms. The minimum atomic E-state index is -1.05. The Morgan fingerprint density at radius 3 is 2.43 bits per heavy atom. The van der Waals surface area contributed by atoms with Gasteiger partial charge in [-0.3, -0.25) is 9.59 Å². The third kappa shape index (κ3) is 4.47. The number of nitrogens with zero attached hydrogens (tertiary/aromatic N) is 3. The highest BCUT2D eigenvalue weighted by atomic mass is 16.4. The lowest BCUT2D eigenvalue weighted by Gasteiger charge is -2.26. The number of likely N-dealkylation sites (N-methyl/N-ethyl adjacent to an activating group) is 1. The molecule has 37 heavy (non-hydrogen) atoms. The molecule has 0 fully saturated rings. The number of rotatable bonds is 6. The molecule has 8 heteroatoms. The highest BCUT2D eigenvalue weighted by Crippen LogP contribution is 2.41. The molecule has 188 valence electrons. The maximum atomic E-state index is 13.3. The van der Waals surface area contributed by atoms with Crippen molar-refractivity contribution in [3.63, 3.8) is 0 Å². The van der Waals surface area contributed by atoms with Crippen LogP contribution < -0.4 is 15.1 Å². The third-order valence-corrected chi connectivity index (χ3v) is 6.73. The first kappa shape index (κ1) is 24.3. The van der Waals surface area contributed by atoms with Gasteiger partial charge in [0.05, 0.1) is 29.1 Å². The maximum Gasteiger partial charge on any atom is 0.335 e. The standard InChI is InChI=1S/C29H28N4O4/c1-31(2)17-25(34)33-14-13-19-15-21(10-12-24(19)33)32(3)27(18-7-5-4-6-8-18)26-22-11-9-20(29(36)37)16-23(22)30-28(26)35/h4-12,15-16H,13-14,17H2,1-3H3,(H,30,35)(H,36,37)/b27-26-. The summed E-state index contributed by atoms with van der Waals surface area (Å²) in [5.41, 5.74) is 6.17. The minimum Gasteiger partial charge on any atom is -0.478 e. The monoisotopic (exact) mass is 496 g/mol. The molecule has 2 heterocycles. The van der Waals surface area contributed by atoms with E-state index in [0.717, 1.165) is 28.9 Å². The van der Waals surface area contributed by atoms with Gasteiger partial charge in [-0.15, -0.1) is 0 Å². The zero-order valence-corrected chi connectivity index (χ0v) is 21.0. The topological polar surface area (TPSA) is 93.2 Å². The van der Waals surface area contributed by atoms with E-state index in [1.165, 1.54) is 12.1 Å². The summed E-state index contributed by atoms with van der Waals surface area (Å²) in [5, 5.41) is 12.2. The molecule has 0 saturated heterocycles. The lowest BCUT2D eigenvalue weighted by Crippen LogP contribution is -2.36. The molecular formula is C29H28N4O4. The van der Waals surface area contributed by atoms with E-state index in [9.17, 15) is 19.5 Å². The second kappa shape index (κ2) is 9.55. The van der Waals surface area contributed by atoms with E-state index in [1.807, 2.05) is 78.3 Å². The van der Waals surface area contributed by atoms with E-state index in [4.69, 9.17) is 0 Å². The number of carbonyl (C=O) groups excluding carboxylic acids is 2. The lowest BCUT2D eigenvalue weighted by molar-refractivity contribution is -0.119. The van der Waals surface area contributed by atoms with Gasteiger partial charge in [-0.2, -0.15) is 0 Å². The summed E-state index contributed by atoms with van der Waals surface area (Å²) >= 11 is 0. The third-order valence-electron chi connectivity index (χ3n) is 6.73. The lowest BCUT2D eigenvalue weighted by atomic mass is 9.98. The van der Waals surface area contributed by atoms with Crippen molar-refractivity contribution >= 4 is 46.1 Å². The van der Waals surface area contributed by atoms with Crippen LogP contribution >= 0.6 is 0 Å². The summed E-state index contributed by atoms with van der Waals surface area (Å²) in [6.45, 7) is 0.993. The number of carboxylic acid groups (broad SMARTS) is 1. The molecule has 3 aromatic carbocycles. The van der Waals surface area contributed by atoms with Gasteiger partial charge in [0.15, 0.2) is 0 Å². The number of fused-ring (bicyclic) bond motifs is 2. The number of anilines is 3. The Bertz CT molecular complexity index is 1450. The Kier molecular flexibility index (Phi) is 6.27. The average Bonchev–Trinajstić information content (AvgIpc) is 3.44. The summed E-state index contributed by atoms with van der Waals surface area (Å²) in [4.78, 5) is 43.1. The molecule has 2 N–H and O–H groups in total. The predicted molar refractivity (Wildman–Crippen MR) is 145 cm³/mol. The predicted octanol–water partition coefficient (Wildman–Crippen LogP) is 3.79. The van der Waals surface area contributed by atoms with Crippen LogP contribution in [0.5, 0.6) is 0 Å².